The van der Waals surface area contributed by atoms with Crippen molar-refractivity contribution in [2.24, 2.45) is 5.92 Å². The maximum Gasteiger partial charge on any atom is 0.330 e. The Labute approximate surface area is 168 Å². The van der Waals surface area contributed by atoms with Crippen molar-refractivity contribution in [3.05, 3.63) is 65.2 Å². The number of carbonyl (C=O) groups is 4. The van der Waals surface area contributed by atoms with Gasteiger partial charge in [-0.25, -0.2) is 4.79 Å². The van der Waals surface area contributed by atoms with Crippen molar-refractivity contribution in [2.45, 2.75) is 26.8 Å². The van der Waals surface area contributed by atoms with Crippen LogP contribution in [-0.2, 0) is 14.3 Å². The van der Waals surface area contributed by atoms with Gasteiger partial charge in [-0.2, -0.15) is 0 Å². The molecule has 29 heavy (non-hydrogen) atoms. The predicted octanol–water partition coefficient (Wildman–Crippen LogP) is 2.80. The SMILES string of the molecule is Cc1ccc(NC(=O)COC(=O)C(C(C)C)N2C(=O)c3ccccc3C2=O)cc1. The van der Waals surface area contributed by atoms with Gasteiger partial charge in [0.05, 0.1) is 11.1 Å². The first kappa shape index (κ1) is 20.3. The van der Waals surface area contributed by atoms with E-state index in [0.717, 1.165) is 10.5 Å². The van der Waals surface area contributed by atoms with Gasteiger partial charge in [0.1, 0.15) is 6.04 Å². The van der Waals surface area contributed by atoms with E-state index in [2.05, 4.69) is 5.32 Å². The third-order valence-electron chi connectivity index (χ3n) is 4.66. The lowest BCUT2D eigenvalue weighted by Gasteiger charge is -2.27. The van der Waals surface area contributed by atoms with E-state index in [1.54, 1.807) is 50.2 Å². The fourth-order valence-corrected chi connectivity index (χ4v) is 3.19. The van der Waals surface area contributed by atoms with Crippen molar-refractivity contribution in [3.8, 4) is 0 Å². The lowest BCUT2D eigenvalue weighted by Crippen LogP contribution is -2.49. The van der Waals surface area contributed by atoms with Gasteiger partial charge in [0.2, 0.25) is 0 Å². The molecule has 0 bridgehead atoms. The second kappa shape index (κ2) is 8.26. The number of carbonyl (C=O) groups excluding carboxylic acids is 4. The average molecular weight is 394 g/mol. The molecule has 1 unspecified atom stereocenters. The Hall–Kier alpha value is -3.48. The van der Waals surface area contributed by atoms with Crippen LogP contribution in [0.1, 0.15) is 40.1 Å². The Kier molecular flexibility index (Phi) is 5.77. The van der Waals surface area contributed by atoms with E-state index in [9.17, 15) is 19.2 Å². The predicted molar refractivity (Wildman–Crippen MR) is 106 cm³/mol. The number of imide groups is 1. The minimum absolute atomic E-state index is 0.257. The summed E-state index contributed by atoms with van der Waals surface area (Å²) in [4.78, 5) is 51.0. The third-order valence-corrected chi connectivity index (χ3v) is 4.66. The number of aryl methyl sites for hydroxylation is 1. The summed E-state index contributed by atoms with van der Waals surface area (Å²) in [6.45, 7) is 4.83. The van der Waals surface area contributed by atoms with Crippen molar-refractivity contribution < 1.29 is 23.9 Å². The van der Waals surface area contributed by atoms with Gasteiger partial charge in [0.15, 0.2) is 6.61 Å². The molecule has 2 aromatic rings. The second-order valence-electron chi connectivity index (χ2n) is 7.24. The summed E-state index contributed by atoms with van der Waals surface area (Å²) >= 11 is 0. The molecule has 1 aliphatic heterocycles. The summed E-state index contributed by atoms with van der Waals surface area (Å²) in [5.41, 5.74) is 2.15. The second-order valence-corrected chi connectivity index (χ2v) is 7.24. The Bertz CT molecular complexity index is 930. The molecule has 7 heteroatoms. The van der Waals surface area contributed by atoms with Crippen LogP contribution in [0.25, 0.3) is 0 Å². The molecule has 7 nitrogen and oxygen atoms in total. The molecule has 150 valence electrons. The zero-order valence-corrected chi connectivity index (χ0v) is 16.5. The molecule has 1 heterocycles. The van der Waals surface area contributed by atoms with E-state index in [0.29, 0.717) is 5.69 Å². The molecule has 1 aliphatic rings. The summed E-state index contributed by atoms with van der Waals surface area (Å²) in [5.74, 6) is -2.76. The van der Waals surface area contributed by atoms with Gasteiger partial charge in [0, 0.05) is 5.69 Å². The van der Waals surface area contributed by atoms with E-state index in [1.807, 2.05) is 19.1 Å². The quantitative estimate of drug-likeness (QED) is 0.601. The smallest absolute Gasteiger partial charge is 0.330 e. The number of nitrogens with one attached hydrogen (secondary N) is 1. The standard InChI is InChI=1S/C22H22N2O5/c1-13(2)19(24-20(26)16-6-4-5-7-17(16)21(24)27)22(28)29-12-18(25)23-15-10-8-14(3)9-11-15/h4-11,13,19H,12H2,1-3H3,(H,23,25). The molecule has 3 rings (SSSR count). The van der Waals surface area contributed by atoms with Crippen molar-refractivity contribution >= 4 is 29.4 Å². The van der Waals surface area contributed by atoms with Crippen LogP contribution in [-0.4, -0.2) is 41.2 Å². The Morgan fingerprint density at radius 2 is 1.52 bits per heavy atom. The maximum absolute atomic E-state index is 12.7. The van der Waals surface area contributed by atoms with Gasteiger partial charge < -0.3 is 10.1 Å². The van der Waals surface area contributed by atoms with Gasteiger partial charge >= 0.3 is 5.97 Å². The largest absolute Gasteiger partial charge is 0.454 e. The molecule has 1 N–H and O–H groups in total. The summed E-state index contributed by atoms with van der Waals surface area (Å²) in [6.07, 6.45) is 0. The fraction of sp³-hybridized carbons (Fsp3) is 0.273. The zero-order chi connectivity index (χ0) is 21.1. The summed E-state index contributed by atoms with van der Waals surface area (Å²) in [6, 6.07) is 12.5. The highest BCUT2D eigenvalue weighted by Crippen LogP contribution is 2.27. The Morgan fingerprint density at radius 3 is 2.03 bits per heavy atom. The number of hydrogen-bond donors (Lipinski definition) is 1. The van der Waals surface area contributed by atoms with Crippen LogP contribution in [0.4, 0.5) is 5.69 Å². The molecular weight excluding hydrogens is 372 g/mol. The van der Waals surface area contributed by atoms with Crippen LogP contribution in [0.15, 0.2) is 48.5 Å². The highest BCUT2D eigenvalue weighted by Gasteiger charge is 2.44. The molecular formula is C22H22N2O5. The van der Waals surface area contributed by atoms with Crippen LogP contribution in [0, 0.1) is 12.8 Å². The van der Waals surface area contributed by atoms with Crippen LogP contribution < -0.4 is 5.32 Å². The zero-order valence-electron chi connectivity index (χ0n) is 16.5. The number of rotatable bonds is 6. The van der Waals surface area contributed by atoms with Crippen LogP contribution >= 0.6 is 0 Å². The molecule has 1 atom stereocenters. The Balaban J connectivity index is 1.67. The van der Waals surface area contributed by atoms with E-state index >= 15 is 0 Å². The molecule has 0 saturated carbocycles. The molecule has 0 spiro atoms. The molecule has 3 amide bonds. The number of benzene rings is 2. The van der Waals surface area contributed by atoms with Crippen molar-refractivity contribution in [1.29, 1.82) is 0 Å². The van der Waals surface area contributed by atoms with E-state index in [-0.39, 0.29) is 17.0 Å². The Morgan fingerprint density at radius 1 is 0.966 bits per heavy atom. The summed E-state index contributed by atoms with van der Waals surface area (Å²) in [5, 5.41) is 2.63. The van der Waals surface area contributed by atoms with Gasteiger partial charge in [-0.05, 0) is 37.1 Å². The molecule has 2 aromatic carbocycles. The monoisotopic (exact) mass is 394 g/mol. The first-order chi connectivity index (χ1) is 13.8. The minimum Gasteiger partial charge on any atom is -0.454 e. The lowest BCUT2D eigenvalue weighted by atomic mass is 10.0. The van der Waals surface area contributed by atoms with Gasteiger partial charge in [0.25, 0.3) is 17.7 Å². The minimum atomic E-state index is -1.12. The fourth-order valence-electron chi connectivity index (χ4n) is 3.19. The molecule has 0 saturated heterocycles. The molecule has 0 fully saturated rings. The van der Waals surface area contributed by atoms with Crippen molar-refractivity contribution in [3.63, 3.8) is 0 Å². The average Bonchev–Trinajstić information content (AvgIpc) is 2.94. The highest BCUT2D eigenvalue weighted by atomic mass is 16.5. The number of amides is 3. The van der Waals surface area contributed by atoms with Crippen LogP contribution in [0.2, 0.25) is 0 Å². The van der Waals surface area contributed by atoms with E-state index < -0.39 is 36.3 Å². The number of ether oxygens (including phenoxy) is 1. The topological polar surface area (TPSA) is 92.8 Å². The van der Waals surface area contributed by atoms with Crippen molar-refractivity contribution in [1.82, 2.24) is 4.90 Å². The number of nitrogens with zero attached hydrogens (tertiary/aromatic N) is 1. The number of anilines is 1. The van der Waals surface area contributed by atoms with E-state index in [4.69, 9.17) is 4.74 Å². The normalized spacial score (nSPS) is 14.0. The third kappa shape index (κ3) is 4.18. The molecule has 0 radical (unpaired) electrons. The van der Waals surface area contributed by atoms with Crippen LogP contribution in [0.5, 0.6) is 0 Å². The number of hydrogen-bond acceptors (Lipinski definition) is 5. The first-order valence-electron chi connectivity index (χ1n) is 9.29. The first-order valence-corrected chi connectivity index (χ1v) is 9.29. The highest BCUT2D eigenvalue weighted by molar-refractivity contribution is 6.22. The summed E-state index contributed by atoms with van der Waals surface area (Å²) in [7, 11) is 0. The van der Waals surface area contributed by atoms with E-state index in [1.165, 1.54) is 0 Å². The molecule has 0 aromatic heterocycles. The van der Waals surface area contributed by atoms with Crippen molar-refractivity contribution in [2.75, 3.05) is 11.9 Å². The lowest BCUT2D eigenvalue weighted by molar-refractivity contribution is -0.152. The van der Waals surface area contributed by atoms with Gasteiger partial charge in [-0.15, -0.1) is 0 Å². The maximum atomic E-state index is 12.7. The number of fused-ring (bicyclic) bond motifs is 1. The van der Waals surface area contributed by atoms with Gasteiger partial charge in [-0.1, -0.05) is 43.7 Å². The summed E-state index contributed by atoms with van der Waals surface area (Å²) < 4.78 is 5.13. The number of esters is 1. The van der Waals surface area contributed by atoms with Gasteiger partial charge in [-0.3, -0.25) is 19.3 Å². The van der Waals surface area contributed by atoms with Crippen LogP contribution in [0.3, 0.4) is 0 Å². The molecule has 0 aliphatic carbocycles.